The van der Waals surface area contributed by atoms with Gasteiger partial charge in [-0.3, -0.25) is 4.99 Å². The van der Waals surface area contributed by atoms with E-state index in [1.807, 2.05) is 36.4 Å². The number of guanidine groups is 1. The summed E-state index contributed by atoms with van der Waals surface area (Å²) in [6.07, 6.45) is 0.986. The van der Waals surface area contributed by atoms with Crippen molar-refractivity contribution in [3.8, 4) is 11.8 Å². The van der Waals surface area contributed by atoms with Crippen molar-refractivity contribution in [1.82, 2.24) is 10.6 Å². The molecule has 1 atom stereocenters. The number of halogens is 1. The summed E-state index contributed by atoms with van der Waals surface area (Å²) in [5, 5.41) is 16.5. The Hall–Kier alpha value is -2.91. The van der Waals surface area contributed by atoms with E-state index in [4.69, 9.17) is 21.6 Å². The Morgan fingerprint density at radius 2 is 2.21 bits per heavy atom. The van der Waals surface area contributed by atoms with Crippen LogP contribution in [0, 0.1) is 11.3 Å². The first-order valence-corrected chi connectivity index (χ1v) is 9.55. The van der Waals surface area contributed by atoms with E-state index in [0.717, 1.165) is 42.5 Å². The number of aliphatic imine (C=N–C) groups is 1. The van der Waals surface area contributed by atoms with Crippen LogP contribution in [0.4, 0.5) is 5.69 Å². The number of rotatable bonds is 5. The molecule has 0 radical (unpaired) electrons. The summed E-state index contributed by atoms with van der Waals surface area (Å²) >= 11 is 6.17. The number of nitrogens with zero attached hydrogens (tertiary/aromatic N) is 3. The third-order valence-corrected chi connectivity index (χ3v) is 4.99. The van der Waals surface area contributed by atoms with Gasteiger partial charge in [-0.2, -0.15) is 5.26 Å². The second-order valence-corrected chi connectivity index (χ2v) is 7.07. The summed E-state index contributed by atoms with van der Waals surface area (Å²) in [6, 6.07) is 15.7. The highest BCUT2D eigenvalue weighted by Crippen LogP contribution is 2.33. The molecule has 2 N–H and O–H groups in total. The van der Waals surface area contributed by atoms with Crippen LogP contribution in [0.3, 0.4) is 0 Å². The lowest BCUT2D eigenvalue weighted by molar-refractivity contribution is 0.415. The van der Waals surface area contributed by atoms with E-state index in [-0.39, 0.29) is 6.04 Å². The van der Waals surface area contributed by atoms with Crippen LogP contribution in [-0.2, 0) is 6.54 Å². The van der Waals surface area contributed by atoms with Crippen LogP contribution < -0.4 is 20.3 Å². The molecular weight excluding hydrogens is 374 g/mol. The van der Waals surface area contributed by atoms with E-state index in [0.29, 0.717) is 17.1 Å². The molecule has 28 heavy (non-hydrogen) atoms. The Labute approximate surface area is 170 Å². The summed E-state index contributed by atoms with van der Waals surface area (Å²) in [4.78, 5) is 6.59. The number of benzene rings is 2. The summed E-state index contributed by atoms with van der Waals surface area (Å²) in [5.41, 5.74) is 2.71. The zero-order chi connectivity index (χ0) is 19.9. The molecule has 0 spiro atoms. The number of nitriles is 1. The molecule has 3 rings (SSSR count). The number of ether oxygens (including phenoxy) is 1. The average Bonchev–Trinajstić information content (AvgIpc) is 3.19. The van der Waals surface area contributed by atoms with E-state index in [2.05, 4.69) is 26.6 Å². The summed E-state index contributed by atoms with van der Waals surface area (Å²) < 4.78 is 5.48. The summed E-state index contributed by atoms with van der Waals surface area (Å²) in [6.45, 7) is 2.35. The van der Waals surface area contributed by atoms with Gasteiger partial charge in [-0.05, 0) is 42.3 Å². The fourth-order valence-electron chi connectivity index (χ4n) is 3.33. The Kier molecular flexibility index (Phi) is 6.62. The highest BCUT2D eigenvalue weighted by atomic mass is 35.5. The van der Waals surface area contributed by atoms with Gasteiger partial charge in [-0.1, -0.05) is 23.7 Å². The zero-order valence-corrected chi connectivity index (χ0v) is 16.8. The minimum absolute atomic E-state index is 0.264. The first-order chi connectivity index (χ1) is 13.6. The van der Waals surface area contributed by atoms with Gasteiger partial charge in [-0.15, -0.1) is 0 Å². The van der Waals surface area contributed by atoms with Crippen molar-refractivity contribution in [3.05, 3.63) is 58.6 Å². The molecule has 0 amide bonds. The van der Waals surface area contributed by atoms with Crippen molar-refractivity contribution in [2.24, 2.45) is 4.99 Å². The van der Waals surface area contributed by atoms with Crippen LogP contribution >= 0.6 is 11.6 Å². The molecule has 146 valence electrons. The van der Waals surface area contributed by atoms with Crippen molar-refractivity contribution in [3.63, 3.8) is 0 Å². The SMILES string of the molecule is CN=C(NCc1cccc(C#N)c1)NC1CCN(c2cc(Cl)ccc2OC)C1. The predicted octanol–water partition coefficient (Wildman–Crippen LogP) is 3.16. The van der Waals surface area contributed by atoms with E-state index in [1.165, 1.54) is 0 Å². The maximum Gasteiger partial charge on any atom is 0.191 e. The Bertz CT molecular complexity index is 893. The molecule has 7 heteroatoms. The summed E-state index contributed by atoms with van der Waals surface area (Å²) in [7, 11) is 3.43. The number of anilines is 1. The van der Waals surface area contributed by atoms with Crippen molar-refractivity contribution >= 4 is 23.2 Å². The largest absolute Gasteiger partial charge is 0.495 e. The number of methoxy groups -OCH3 is 1. The maximum absolute atomic E-state index is 9.02. The van der Waals surface area contributed by atoms with Gasteiger partial charge in [0.1, 0.15) is 5.75 Å². The predicted molar refractivity (Wildman–Crippen MR) is 113 cm³/mol. The molecule has 0 saturated carbocycles. The monoisotopic (exact) mass is 397 g/mol. The van der Waals surface area contributed by atoms with Gasteiger partial charge in [0.15, 0.2) is 5.96 Å². The van der Waals surface area contributed by atoms with E-state index >= 15 is 0 Å². The van der Waals surface area contributed by atoms with Gasteiger partial charge in [0.05, 0.1) is 24.4 Å². The molecular formula is C21H24ClN5O. The molecule has 6 nitrogen and oxygen atoms in total. The molecule has 0 aromatic heterocycles. The van der Waals surface area contributed by atoms with Gasteiger partial charge in [0, 0.05) is 37.7 Å². The van der Waals surface area contributed by atoms with Crippen LogP contribution in [0.5, 0.6) is 5.75 Å². The van der Waals surface area contributed by atoms with Crippen LogP contribution in [0.2, 0.25) is 5.02 Å². The van der Waals surface area contributed by atoms with Crippen molar-refractivity contribution in [1.29, 1.82) is 5.26 Å². The van der Waals surface area contributed by atoms with Gasteiger partial charge >= 0.3 is 0 Å². The molecule has 1 aliphatic heterocycles. The topological polar surface area (TPSA) is 72.7 Å². The van der Waals surface area contributed by atoms with E-state index in [9.17, 15) is 0 Å². The van der Waals surface area contributed by atoms with Gasteiger partial charge < -0.3 is 20.3 Å². The molecule has 1 fully saturated rings. The summed E-state index contributed by atoms with van der Waals surface area (Å²) in [5.74, 6) is 1.57. The maximum atomic E-state index is 9.02. The van der Waals surface area contributed by atoms with Crippen LogP contribution in [0.1, 0.15) is 17.5 Å². The van der Waals surface area contributed by atoms with Gasteiger partial charge in [0.25, 0.3) is 0 Å². The van der Waals surface area contributed by atoms with Crippen molar-refractivity contribution < 1.29 is 4.74 Å². The van der Waals surface area contributed by atoms with Gasteiger partial charge in [0.2, 0.25) is 0 Å². The number of nitrogens with one attached hydrogen (secondary N) is 2. The normalized spacial score (nSPS) is 16.6. The zero-order valence-electron chi connectivity index (χ0n) is 16.1. The van der Waals surface area contributed by atoms with Crippen LogP contribution in [0.25, 0.3) is 0 Å². The standard InChI is InChI=1S/C21H24ClN5O/c1-24-21(25-13-16-5-3-4-15(10-16)12-23)26-18-8-9-27(14-18)19-11-17(22)6-7-20(19)28-2/h3-7,10-11,18H,8-9,13-14H2,1-2H3,(H2,24,25,26). The first-order valence-electron chi connectivity index (χ1n) is 9.17. The van der Waals surface area contributed by atoms with Gasteiger partial charge in [-0.25, -0.2) is 0 Å². The lowest BCUT2D eigenvalue weighted by Gasteiger charge is -2.22. The minimum atomic E-state index is 0.264. The van der Waals surface area contributed by atoms with E-state index in [1.54, 1.807) is 20.2 Å². The third-order valence-electron chi connectivity index (χ3n) is 4.75. The quantitative estimate of drug-likeness (QED) is 0.599. The molecule has 1 unspecified atom stereocenters. The number of hydrogen-bond acceptors (Lipinski definition) is 4. The first kappa shape index (κ1) is 19.8. The Balaban J connectivity index is 1.58. The lowest BCUT2D eigenvalue weighted by Crippen LogP contribution is -2.44. The number of hydrogen-bond donors (Lipinski definition) is 2. The smallest absolute Gasteiger partial charge is 0.191 e. The Morgan fingerprint density at radius 3 is 2.96 bits per heavy atom. The minimum Gasteiger partial charge on any atom is -0.495 e. The molecule has 2 aromatic rings. The van der Waals surface area contributed by atoms with Crippen molar-refractivity contribution in [2.45, 2.75) is 19.0 Å². The third kappa shape index (κ3) is 4.87. The van der Waals surface area contributed by atoms with Crippen molar-refractivity contribution in [2.75, 3.05) is 32.1 Å². The second kappa shape index (κ2) is 9.34. The second-order valence-electron chi connectivity index (χ2n) is 6.63. The Morgan fingerprint density at radius 1 is 1.36 bits per heavy atom. The highest BCUT2D eigenvalue weighted by Gasteiger charge is 2.25. The fourth-order valence-corrected chi connectivity index (χ4v) is 3.50. The van der Waals surface area contributed by atoms with Crippen LogP contribution in [-0.4, -0.2) is 39.2 Å². The molecule has 1 aliphatic rings. The average molecular weight is 398 g/mol. The molecule has 0 bridgehead atoms. The highest BCUT2D eigenvalue weighted by molar-refractivity contribution is 6.30. The molecule has 1 heterocycles. The van der Waals surface area contributed by atoms with Crippen LogP contribution in [0.15, 0.2) is 47.5 Å². The lowest BCUT2D eigenvalue weighted by atomic mass is 10.1. The molecule has 0 aliphatic carbocycles. The molecule has 1 saturated heterocycles. The molecule has 2 aromatic carbocycles. The van der Waals surface area contributed by atoms with E-state index < -0.39 is 0 Å². The fraction of sp³-hybridized carbons (Fsp3) is 0.333.